The monoisotopic (exact) mass is 968 g/mol. The maximum atomic E-state index is 13.3. The van der Waals surface area contributed by atoms with Crippen molar-refractivity contribution in [3.63, 3.8) is 0 Å². The fourth-order valence-corrected chi connectivity index (χ4v) is 14.8. The summed E-state index contributed by atoms with van der Waals surface area (Å²) < 4.78 is 36.1. The third-order valence-corrected chi connectivity index (χ3v) is 18.9. The number of carboxylic acid groups (broad SMARTS) is 1. The van der Waals surface area contributed by atoms with Crippen LogP contribution in [0.5, 0.6) is 0 Å². The molecule has 19 heteroatoms. The molecule has 0 aromatic rings. The van der Waals surface area contributed by atoms with E-state index in [1.165, 1.54) is 6.92 Å². The van der Waals surface area contributed by atoms with E-state index < -0.39 is 155 Å². The number of esters is 2. The molecule has 0 bridgehead atoms. The van der Waals surface area contributed by atoms with Crippen LogP contribution in [-0.4, -0.2) is 175 Å². The van der Waals surface area contributed by atoms with Crippen LogP contribution in [-0.2, 0) is 42.8 Å². The summed E-state index contributed by atoms with van der Waals surface area (Å²) in [5.74, 6) is -3.50. The molecule has 0 aromatic carbocycles. The predicted molar refractivity (Wildman–Crippen MR) is 236 cm³/mol. The summed E-state index contributed by atoms with van der Waals surface area (Å²) in [7, 11) is 0. The molecule has 22 atom stereocenters. The Hall–Kier alpha value is -2.63. The summed E-state index contributed by atoms with van der Waals surface area (Å²) in [6.45, 7) is 15.4. The zero-order valence-electron chi connectivity index (χ0n) is 40.7. The van der Waals surface area contributed by atoms with Crippen molar-refractivity contribution >= 4 is 17.9 Å². The Labute approximate surface area is 397 Å². The van der Waals surface area contributed by atoms with Crippen LogP contribution in [0, 0.1) is 50.2 Å². The number of fused-ring (bicyclic) bond motifs is 7. The number of hydrogen-bond acceptors (Lipinski definition) is 18. The Morgan fingerprint density at radius 3 is 2.03 bits per heavy atom. The number of aliphatic hydroxyl groups is 9. The van der Waals surface area contributed by atoms with Crippen molar-refractivity contribution in [2.75, 3.05) is 19.8 Å². The molecule has 7 aliphatic rings. The number of allylic oxidation sites excluding steroid dienone is 3. The largest absolute Gasteiger partial charge is 0.479 e. The summed E-state index contributed by atoms with van der Waals surface area (Å²) in [4.78, 5) is 38.5. The third-order valence-electron chi connectivity index (χ3n) is 18.9. The number of rotatable bonds is 11. The minimum absolute atomic E-state index is 0.0110. The van der Waals surface area contributed by atoms with Crippen LogP contribution < -0.4 is 0 Å². The van der Waals surface area contributed by atoms with Gasteiger partial charge in [-0.1, -0.05) is 59.3 Å². The van der Waals surface area contributed by atoms with Crippen molar-refractivity contribution in [2.24, 2.45) is 50.2 Å². The minimum atomic E-state index is -2.04. The molecule has 19 nitrogen and oxygen atoms in total. The molecule has 0 aromatic heterocycles. The summed E-state index contributed by atoms with van der Waals surface area (Å²) in [5.41, 5.74) is -3.29. The SMILES string of the molecule is C/C=C(\C)C(=O)O[C@H]1[C@H](OC(C)=O)[C@@]2(CO)C(CC1(C)C)C1=CCC3[C@@]4(C)CC[C@H](O[C@@H]5O[C@H](C(=O)O)[C@@H](O)[C@H](O)[C@H]5O[C@@H]5O[C@H](CO)[C@@H](O)[C@H](O)[C@H]5O)[C@](C)(CO)C4CC[C@@]3(C)[C@]1(C)C[C@H]2O. The highest BCUT2D eigenvalue weighted by Crippen LogP contribution is 2.76. The summed E-state index contributed by atoms with van der Waals surface area (Å²) in [6.07, 6.45) is -15.1. The van der Waals surface area contributed by atoms with E-state index in [0.717, 1.165) is 5.57 Å². The van der Waals surface area contributed by atoms with Crippen molar-refractivity contribution in [1.29, 1.82) is 0 Å². The maximum absolute atomic E-state index is 13.3. The van der Waals surface area contributed by atoms with Crippen LogP contribution >= 0.6 is 0 Å². The van der Waals surface area contributed by atoms with Gasteiger partial charge in [0, 0.05) is 23.3 Å². The number of hydrogen-bond donors (Lipinski definition) is 10. The molecule has 2 aliphatic heterocycles. The predicted octanol–water partition coefficient (Wildman–Crippen LogP) is 0.855. The number of carboxylic acids is 1. The molecule has 2 saturated heterocycles. The van der Waals surface area contributed by atoms with Gasteiger partial charge < -0.3 is 79.5 Å². The van der Waals surface area contributed by atoms with Crippen molar-refractivity contribution in [3.05, 3.63) is 23.3 Å². The first-order valence-electron chi connectivity index (χ1n) is 24.2. The average molecular weight is 969 g/mol. The summed E-state index contributed by atoms with van der Waals surface area (Å²) >= 11 is 0. The standard InChI is InChI=1S/C49H76O19/c1-10-22(2)41(62)68-38-39(63-23(3)53)49(21-52)25(17-44(38,4)5)24-11-12-28-45(6)15-14-30(46(7,20-51)27(45)13-16-47(28,8)48(24,9)18-29(49)54)65-43-37(34(58)33(57)36(66-43)40(60)61)67-42-35(59)32(56)31(55)26(19-50)64-42/h10-11,25-39,42-43,50-52,54-59H,12-21H2,1-9H3,(H,60,61)/b22-10+/t25?,26-,27?,28?,29-,30+,31-,32+,33+,34+,35-,36+,37-,38+,39+,42+,43-,45+,46-,47-,48-,49+/m1/s1. The second-order valence-electron chi connectivity index (χ2n) is 22.7. The van der Waals surface area contributed by atoms with Crippen molar-refractivity contribution in [1.82, 2.24) is 0 Å². The lowest BCUT2D eigenvalue weighted by atomic mass is 9.33. The second-order valence-corrected chi connectivity index (χ2v) is 22.7. The highest BCUT2D eigenvalue weighted by Gasteiger charge is 2.74. The van der Waals surface area contributed by atoms with Gasteiger partial charge in [0.25, 0.3) is 0 Å². The third kappa shape index (κ3) is 8.02. The van der Waals surface area contributed by atoms with E-state index >= 15 is 0 Å². The lowest BCUT2D eigenvalue weighted by molar-refractivity contribution is -0.375. The van der Waals surface area contributed by atoms with E-state index in [9.17, 15) is 65.4 Å². The molecule has 68 heavy (non-hydrogen) atoms. The van der Waals surface area contributed by atoms with E-state index in [4.69, 9.17) is 28.4 Å². The Balaban J connectivity index is 1.21. The van der Waals surface area contributed by atoms with E-state index in [-0.39, 0.29) is 24.9 Å². The normalized spacial score (nSPS) is 50.1. The second kappa shape index (κ2) is 18.8. The molecule has 3 unspecified atom stereocenters. The quantitative estimate of drug-likeness (QED) is 0.0594. The lowest BCUT2D eigenvalue weighted by Crippen LogP contribution is -2.72. The van der Waals surface area contributed by atoms with Gasteiger partial charge in [0.15, 0.2) is 18.7 Å². The van der Waals surface area contributed by atoms with Gasteiger partial charge in [-0.05, 0) is 92.8 Å². The van der Waals surface area contributed by atoms with Gasteiger partial charge in [-0.25, -0.2) is 9.59 Å². The number of carbonyl (C=O) groups is 3. The van der Waals surface area contributed by atoms with Gasteiger partial charge in [-0.15, -0.1) is 0 Å². The highest BCUT2D eigenvalue weighted by molar-refractivity contribution is 5.87. The van der Waals surface area contributed by atoms with Crippen molar-refractivity contribution < 1.29 is 93.9 Å². The summed E-state index contributed by atoms with van der Waals surface area (Å²) in [5, 5.41) is 109. The first-order chi connectivity index (χ1) is 31.7. The molecule has 2 heterocycles. The van der Waals surface area contributed by atoms with E-state index in [0.29, 0.717) is 44.1 Å². The van der Waals surface area contributed by atoms with Crippen LogP contribution in [0.2, 0.25) is 0 Å². The fourth-order valence-electron chi connectivity index (χ4n) is 14.8. The smallest absolute Gasteiger partial charge is 0.335 e. The van der Waals surface area contributed by atoms with Gasteiger partial charge in [0.2, 0.25) is 0 Å². The Morgan fingerprint density at radius 2 is 1.44 bits per heavy atom. The molecule has 4 saturated carbocycles. The highest BCUT2D eigenvalue weighted by atomic mass is 16.8. The van der Waals surface area contributed by atoms with E-state index in [1.807, 2.05) is 20.8 Å². The zero-order chi connectivity index (χ0) is 50.4. The average Bonchev–Trinajstić information content (AvgIpc) is 3.27. The van der Waals surface area contributed by atoms with E-state index in [2.05, 4.69) is 26.8 Å². The van der Waals surface area contributed by atoms with Crippen molar-refractivity contribution in [3.8, 4) is 0 Å². The number of carbonyl (C=O) groups excluding carboxylic acids is 2. The molecule has 386 valence electrons. The van der Waals surface area contributed by atoms with Crippen LogP contribution in [0.1, 0.15) is 107 Å². The van der Waals surface area contributed by atoms with Crippen LogP contribution in [0.3, 0.4) is 0 Å². The molecule has 5 aliphatic carbocycles. The molecule has 7 rings (SSSR count). The van der Waals surface area contributed by atoms with Gasteiger partial charge in [-0.2, -0.15) is 0 Å². The molecule has 0 radical (unpaired) electrons. The molecule has 0 spiro atoms. The fraction of sp³-hybridized carbons (Fsp3) is 0.857. The zero-order valence-corrected chi connectivity index (χ0v) is 40.7. The maximum Gasteiger partial charge on any atom is 0.335 e. The molecular weight excluding hydrogens is 893 g/mol. The Kier molecular flexibility index (Phi) is 14.7. The first kappa shape index (κ1) is 53.2. The van der Waals surface area contributed by atoms with Gasteiger partial charge in [-0.3, -0.25) is 4.79 Å². The minimum Gasteiger partial charge on any atom is -0.479 e. The van der Waals surface area contributed by atoms with Crippen LogP contribution in [0.4, 0.5) is 0 Å². The van der Waals surface area contributed by atoms with Crippen LogP contribution in [0.25, 0.3) is 0 Å². The number of aliphatic carboxylic acids is 1. The Morgan fingerprint density at radius 1 is 0.765 bits per heavy atom. The Bertz CT molecular complexity index is 1970. The first-order valence-corrected chi connectivity index (χ1v) is 24.2. The number of aliphatic hydroxyl groups excluding tert-OH is 9. The van der Waals surface area contributed by atoms with E-state index in [1.54, 1.807) is 19.9 Å². The van der Waals surface area contributed by atoms with Gasteiger partial charge in [0.1, 0.15) is 54.9 Å². The molecule has 6 fully saturated rings. The van der Waals surface area contributed by atoms with Gasteiger partial charge >= 0.3 is 17.9 Å². The summed E-state index contributed by atoms with van der Waals surface area (Å²) in [6, 6.07) is 0. The van der Waals surface area contributed by atoms with Crippen molar-refractivity contribution in [2.45, 2.75) is 193 Å². The van der Waals surface area contributed by atoms with Crippen LogP contribution in [0.15, 0.2) is 23.3 Å². The number of ether oxygens (including phenoxy) is 6. The topological polar surface area (TPSA) is 309 Å². The molecular formula is C49H76O19. The lowest BCUT2D eigenvalue weighted by Gasteiger charge is -2.72. The molecule has 0 amide bonds. The molecule has 10 N–H and O–H groups in total. The van der Waals surface area contributed by atoms with Gasteiger partial charge in [0.05, 0.1) is 37.4 Å².